The van der Waals surface area contributed by atoms with Gasteiger partial charge in [-0.15, -0.1) is 10.2 Å². The van der Waals surface area contributed by atoms with Gasteiger partial charge >= 0.3 is 0 Å². The van der Waals surface area contributed by atoms with E-state index in [1.165, 1.54) is 17.8 Å². The number of nitrogens with one attached hydrogen (secondary N) is 1. The molecule has 0 radical (unpaired) electrons. The molecule has 1 aromatic heterocycles. The zero-order chi connectivity index (χ0) is 16.2. The lowest BCUT2D eigenvalue weighted by atomic mass is 9.98. The molecule has 22 heavy (non-hydrogen) atoms. The van der Waals surface area contributed by atoms with E-state index in [1.54, 1.807) is 0 Å². The second-order valence-corrected chi connectivity index (χ2v) is 7.63. The topological polar surface area (TPSA) is 75.2 Å². The lowest BCUT2D eigenvalue weighted by Crippen LogP contribution is -2.35. The molecule has 2 rings (SSSR count). The van der Waals surface area contributed by atoms with Crippen LogP contribution >= 0.6 is 11.3 Å². The number of carbonyl (C=O) groups is 2. The molecule has 0 bridgehead atoms. The molecule has 1 fully saturated rings. The zero-order valence-electron chi connectivity index (χ0n) is 13.5. The third kappa shape index (κ3) is 4.76. The van der Waals surface area contributed by atoms with E-state index in [0.717, 1.165) is 30.9 Å². The Hall–Kier alpha value is -1.50. The van der Waals surface area contributed by atoms with Crippen molar-refractivity contribution in [1.29, 1.82) is 0 Å². The van der Waals surface area contributed by atoms with Crippen molar-refractivity contribution in [2.24, 2.45) is 0 Å². The van der Waals surface area contributed by atoms with Crippen LogP contribution in [-0.2, 0) is 15.0 Å². The number of hydrogen-bond acceptors (Lipinski definition) is 5. The number of aromatic nitrogens is 2. The van der Waals surface area contributed by atoms with E-state index in [-0.39, 0.29) is 30.1 Å². The molecule has 6 nitrogen and oxygen atoms in total. The van der Waals surface area contributed by atoms with E-state index >= 15 is 0 Å². The smallest absolute Gasteiger partial charge is 0.226 e. The highest BCUT2D eigenvalue weighted by Crippen LogP contribution is 2.27. The molecule has 7 heteroatoms. The van der Waals surface area contributed by atoms with Crippen LogP contribution < -0.4 is 5.32 Å². The maximum absolute atomic E-state index is 12.0. The van der Waals surface area contributed by atoms with Crippen LogP contribution in [0.1, 0.15) is 57.9 Å². The molecule has 122 valence electrons. The quantitative estimate of drug-likeness (QED) is 0.923. The number of likely N-dealkylation sites (tertiary alicyclic amines) is 1. The Balaban J connectivity index is 1.78. The van der Waals surface area contributed by atoms with Gasteiger partial charge in [-0.25, -0.2) is 0 Å². The number of hydrogen-bond donors (Lipinski definition) is 1. The molecule has 0 unspecified atom stereocenters. The van der Waals surface area contributed by atoms with Gasteiger partial charge in [0, 0.05) is 31.3 Å². The summed E-state index contributed by atoms with van der Waals surface area (Å²) >= 11 is 1.38. The van der Waals surface area contributed by atoms with Gasteiger partial charge in [-0.2, -0.15) is 0 Å². The van der Waals surface area contributed by atoms with Crippen LogP contribution in [0.4, 0.5) is 5.13 Å². The third-order valence-electron chi connectivity index (χ3n) is 3.59. The standard InChI is InChI=1S/C15H24N4O2S/c1-15(2,3)13-17-18-14(22-13)16-11(20)7-8-12(21)19-9-5-4-6-10-19/h4-10H2,1-3H3,(H,16,18,20). The molecule has 0 aromatic carbocycles. The molecule has 1 aromatic rings. The summed E-state index contributed by atoms with van der Waals surface area (Å²) in [6, 6.07) is 0. The van der Waals surface area contributed by atoms with Crippen molar-refractivity contribution in [2.75, 3.05) is 18.4 Å². The highest BCUT2D eigenvalue weighted by Gasteiger charge is 2.21. The van der Waals surface area contributed by atoms with Crippen LogP contribution in [0.3, 0.4) is 0 Å². The first kappa shape index (κ1) is 16.9. The molecule has 1 saturated heterocycles. The predicted octanol–water partition coefficient (Wildman–Crippen LogP) is 2.57. The van der Waals surface area contributed by atoms with Gasteiger partial charge in [-0.1, -0.05) is 32.1 Å². The normalized spacial score (nSPS) is 15.7. The minimum atomic E-state index is -0.179. The maximum atomic E-state index is 12.0. The lowest BCUT2D eigenvalue weighted by Gasteiger charge is -2.26. The molecule has 2 amide bonds. The van der Waals surface area contributed by atoms with Crippen molar-refractivity contribution in [2.45, 2.75) is 58.3 Å². The first-order chi connectivity index (χ1) is 10.4. The average molecular weight is 324 g/mol. The number of piperidine rings is 1. The van der Waals surface area contributed by atoms with Gasteiger partial charge in [0.1, 0.15) is 5.01 Å². The summed E-state index contributed by atoms with van der Waals surface area (Å²) in [4.78, 5) is 25.8. The second-order valence-electron chi connectivity index (χ2n) is 6.65. The lowest BCUT2D eigenvalue weighted by molar-refractivity contribution is -0.133. The van der Waals surface area contributed by atoms with E-state index in [1.807, 2.05) is 4.90 Å². The fourth-order valence-electron chi connectivity index (χ4n) is 2.28. The van der Waals surface area contributed by atoms with Crippen molar-refractivity contribution in [3.63, 3.8) is 0 Å². The first-order valence-electron chi connectivity index (χ1n) is 7.78. The van der Waals surface area contributed by atoms with Gasteiger partial charge in [-0.3, -0.25) is 9.59 Å². The largest absolute Gasteiger partial charge is 0.343 e. The minimum Gasteiger partial charge on any atom is -0.343 e. The molecule has 0 atom stereocenters. The Kier molecular flexibility index (Phi) is 5.50. The molecule has 1 aliphatic rings. The van der Waals surface area contributed by atoms with Crippen molar-refractivity contribution in [3.8, 4) is 0 Å². The Bertz CT molecular complexity index is 530. The first-order valence-corrected chi connectivity index (χ1v) is 8.59. The van der Waals surface area contributed by atoms with Gasteiger partial charge in [0.25, 0.3) is 0 Å². The summed E-state index contributed by atoms with van der Waals surface area (Å²) < 4.78 is 0. The monoisotopic (exact) mass is 324 g/mol. The van der Waals surface area contributed by atoms with Crippen molar-refractivity contribution < 1.29 is 9.59 Å². The Morgan fingerprint density at radius 3 is 2.41 bits per heavy atom. The van der Waals surface area contributed by atoms with Crippen LogP contribution in [0.15, 0.2) is 0 Å². The summed E-state index contributed by atoms with van der Waals surface area (Å²) in [6.45, 7) is 7.81. The van der Waals surface area contributed by atoms with Crippen LogP contribution in [0, 0.1) is 0 Å². The SMILES string of the molecule is CC(C)(C)c1nnc(NC(=O)CCC(=O)N2CCCCC2)s1. The molecule has 1 N–H and O–H groups in total. The van der Waals surface area contributed by atoms with Crippen LogP contribution in [0.2, 0.25) is 0 Å². The van der Waals surface area contributed by atoms with Gasteiger partial charge in [0.05, 0.1) is 0 Å². The fourth-order valence-corrected chi connectivity index (χ4v) is 3.10. The zero-order valence-corrected chi connectivity index (χ0v) is 14.3. The van der Waals surface area contributed by atoms with E-state index < -0.39 is 0 Å². The Labute approximate surface area is 135 Å². The molecule has 2 heterocycles. The van der Waals surface area contributed by atoms with E-state index in [4.69, 9.17) is 0 Å². The Morgan fingerprint density at radius 1 is 1.14 bits per heavy atom. The predicted molar refractivity (Wildman–Crippen MR) is 86.9 cm³/mol. The number of carbonyl (C=O) groups excluding carboxylic acids is 2. The second kappa shape index (κ2) is 7.17. The highest BCUT2D eigenvalue weighted by atomic mass is 32.1. The molecule has 0 aliphatic carbocycles. The summed E-state index contributed by atoms with van der Waals surface area (Å²) in [5, 5.41) is 12.2. The maximum Gasteiger partial charge on any atom is 0.226 e. The molecular weight excluding hydrogens is 300 g/mol. The summed E-state index contributed by atoms with van der Waals surface area (Å²) in [5.74, 6) is -0.107. The van der Waals surface area contributed by atoms with E-state index in [2.05, 4.69) is 36.3 Å². The Morgan fingerprint density at radius 2 is 1.82 bits per heavy atom. The number of nitrogens with zero attached hydrogens (tertiary/aromatic N) is 3. The number of rotatable bonds is 4. The number of anilines is 1. The van der Waals surface area contributed by atoms with Gasteiger partial charge in [-0.05, 0) is 19.3 Å². The molecular formula is C15H24N4O2S. The van der Waals surface area contributed by atoms with E-state index in [9.17, 15) is 9.59 Å². The summed E-state index contributed by atoms with van der Waals surface area (Å²) in [6.07, 6.45) is 3.78. The third-order valence-corrected chi connectivity index (χ3v) is 4.85. The molecule has 0 spiro atoms. The van der Waals surface area contributed by atoms with Crippen LogP contribution in [0.5, 0.6) is 0 Å². The number of amides is 2. The molecule has 0 saturated carbocycles. The van der Waals surface area contributed by atoms with Gasteiger partial charge < -0.3 is 10.2 Å². The van der Waals surface area contributed by atoms with Crippen LogP contribution in [0.25, 0.3) is 0 Å². The average Bonchev–Trinajstić information content (AvgIpc) is 2.94. The summed E-state index contributed by atoms with van der Waals surface area (Å²) in [7, 11) is 0. The minimum absolute atomic E-state index is 0.0718. The summed E-state index contributed by atoms with van der Waals surface area (Å²) in [5.41, 5.74) is -0.0785. The fraction of sp³-hybridized carbons (Fsp3) is 0.733. The van der Waals surface area contributed by atoms with Crippen molar-refractivity contribution in [3.05, 3.63) is 5.01 Å². The van der Waals surface area contributed by atoms with E-state index in [0.29, 0.717) is 5.13 Å². The van der Waals surface area contributed by atoms with Crippen molar-refractivity contribution in [1.82, 2.24) is 15.1 Å². The van der Waals surface area contributed by atoms with Crippen LogP contribution in [-0.4, -0.2) is 40.0 Å². The van der Waals surface area contributed by atoms with Gasteiger partial charge in [0.15, 0.2) is 0 Å². The van der Waals surface area contributed by atoms with Gasteiger partial charge in [0.2, 0.25) is 16.9 Å². The molecule has 1 aliphatic heterocycles. The van der Waals surface area contributed by atoms with Crippen molar-refractivity contribution >= 4 is 28.3 Å². The highest BCUT2D eigenvalue weighted by molar-refractivity contribution is 7.15.